The number of rotatable bonds is 3. The third kappa shape index (κ3) is 5.12. The number of fused-ring (bicyclic) bond motifs is 1. The van der Waals surface area contributed by atoms with Gasteiger partial charge in [0.15, 0.2) is 0 Å². The molecule has 2 aliphatic rings. The van der Waals surface area contributed by atoms with Crippen molar-refractivity contribution in [3.8, 4) is 12.1 Å². The van der Waals surface area contributed by atoms with E-state index >= 15 is 0 Å². The summed E-state index contributed by atoms with van der Waals surface area (Å²) in [6, 6.07) is 12.1. The van der Waals surface area contributed by atoms with Gasteiger partial charge >= 0.3 is 0 Å². The zero-order valence-corrected chi connectivity index (χ0v) is 20.2. The lowest BCUT2D eigenvalue weighted by atomic mass is 9.68. The normalized spacial score (nSPS) is 23.5. The van der Waals surface area contributed by atoms with E-state index in [4.69, 9.17) is 5.10 Å². The predicted molar refractivity (Wildman–Crippen MR) is 129 cm³/mol. The van der Waals surface area contributed by atoms with E-state index in [0.717, 1.165) is 37.7 Å². The zero-order valence-electron chi connectivity index (χ0n) is 20.2. The average Bonchev–Trinajstić information content (AvgIpc) is 3.25. The summed E-state index contributed by atoms with van der Waals surface area (Å²) in [5.41, 5.74) is 3.04. The molecule has 0 unspecified atom stereocenters. The van der Waals surface area contributed by atoms with Crippen molar-refractivity contribution in [1.82, 2.24) is 9.78 Å². The minimum Gasteiger partial charge on any atom is -0.262 e. The molecule has 1 aromatic heterocycles. The van der Waals surface area contributed by atoms with Crippen molar-refractivity contribution >= 4 is 10.9 Å². The topological polar surface area (TPSA) is 65.4 Å². The van der Waals surface area contributed by atoms with Crippen LogP contribution in [0, 0.1) is 28.6 Å². The highest BCUT2D eigenvalue weighted by atomic mass is 15.3. The van der Waals surface area contributed by atoms with Crippen molar-refractivity contribution < 1.29 is 0 Å². The molecule has 4 rings (SSSR count). The van der Waals surface area contributed by atoms with E-state index < -0.39 is 5.41 Å². The van der Waals surface area contributed by atoms with Gasteiger partial charge in [0, 0.05) is 11.3 Å². The molecule has 2 aliphatic carbocycles. The van der Waals surface area contributed by atoms with Crippen LogP contribution in [0.5, 0.6) is 0 Å². The van der Waals surface area contributed by atoms with Crippen molar-refractivity contribution in [2.75, 3.05) is 0 Å². The van der Waals surface area contributed by atoms with E-state index in [1.165, 1.54) is 48.7 Å². The predicted octanol–water partition coefficient (Wildman–Crippen LogP) is 7.63. The van der Waals surface area contributed by atoms with Crippen molar-refractivity contribution in [2.45, 2.75) is 110 Å². The van der Waals surface area contributed by atoms with Gasteiger partial charge in [-0.3, -0.25) is 4.68 Å². The van der Waals surface area contributed by atoms with E-state index in [9.17, 15) is 10.5 Å². The third-order valence-electron chi connectivity index (χ3n) is 6.83. The maximum absolute atomic E-state index is 10.0. The molecule has 2 saturated carbocycles. The second-order valence-electron chi connectivity index (χ2n) is 8.37. The van der Waals surface area contributed by atoms with Crippen LogP contribution >= 0.6 is 0 Å². The van der Waals surface area contributed by atoms with Crippen LogP contribution in [0.15, 0.2) is 18.2 Å². The smallest absolute Gasteiger partial charge is 0.0824 e. The Balaban J connectivity index is 0.000000807. The molecular formula is C27H40N4. The molecule has 2 fully saturated rings. The maximum atomic E-state index is 10.0. The van der Waals surface area contributed by atoms with Gasteiger partial charge in [0.1, 0.15) is 0 Å². The summed E-state index contributed by atoms with van der Waals surface area (Å²) in [6.45, 7) is 10.2. The molecule has 31 heavy (non-hydrogen) atoms. The Labute approximate surface area is 189 Å². The molecule has 4 nitrogen and oxygen atoms in total. The molecule has 168 valence electrons. The molecular weight excluding hydrogens is 380 g/mol. The molecule has 0 amide bonds. The fraction of sp³-hybridized carbons (Fsp3) is 0.667. The third-order valence-corrected chi connectivity index (χ3v) is 6.83. The monoisotopic (exact) mass is 420 g/mol. The van der Waals surface area contributed by atoms with E-state index in [0.29, 0.717) is 6.04 Å². The van der Waals surface area contributed by atoms with Crippen LogP contribution in [-0.2, 0) is 11.8 Å². The molecule has 2 aromatic rings. The summed E-state index contributed by atoms with van der Waals surface area (Å²) in [7, 11) is 0. The van der Waals surface area contributed by atoms with E-state index in [1.54, 1.807) is 0 Å². The largest absolute Gasteiger partial charge is 0.262 e. The Morgan fingerprint density at radius 3 is 2.19 bits per heavy atom. The van der Waals surface area contributed by atoms with Gasteiger partial charge in [-0.1, -0.05) is 66.0 Å². The van der Waals surface area contributed by atoms with Gasteiger partial charge in [-0.15, -0.1) is 0 Å². The maximum Gasteiger partial charge on any atom is 0.0824 e. The Morgan fingerprint density at radius 1 is 1.00 bits per heavy atom. The van der Waals surface area contributed by atoms with Crippen LogP contribution < -0.4 is 0 Å². The molecule has 0 atom stereocenters. The average molecular weight is 421 g/mol. The van der Waals surface area contributed by atoms with Crippen LogP contribution in [0.4, 0.5) is 0 Å². The Hall–Kier alpha value is -2.33. The number of aryl methyl sites for hydroxylation is 1. The second kappa shape index (κ2) is 11.9. The summed E-state index contributed by atoms with van der Waals surface area (Å²) in [5, 5.41) is 25.5. The minimum atomic E-state index is -0.449. The molecule has 1 heterocycles. The SMILES string of the molecule is CC.CC.CCc1nn(C2CCCCC2)c2cc(C3(C#N)CCC(C#N)CC3)ccc12. The number of hydrogen-bond acceptors (Lipinski definition) is 3. The van der Waals surface area contributed by atoms with Gasteiger partial charge in [-0.25, -0.2) is 0 Å². The first-order valence-electron chi connectivity index (χ1n) is 12.5. The van der Waals surface area contributed by atoms with Gasteiger partial charge < -0.3 is 0 Å². The number of aromatic nitrogens is 2. The Bertz CT molecular complexity index is 898. The lowest BCUT2D eigenvalue weighted by molar-refractivity contribution is 0.320. The molecule has 0 saturated heterocycles. The summed E-state index contributed by atoms with van der Waals surface area (Å²) in [5.74, 6) is 0.106. The van der Waals surface area contributed by atoms with Crippen molar-refractivity contribution in [3.05, 3.63) is 29.5 Å². The highest BCUT2D eigenvalue weighted by Crippen LogP contribution is 2.42. The second-order valence-corrected chi connectivity index (χ2v) is 8.37. The molecule has 0 N–H and O–H groups in total. The highest BCUT2D eigenvalue weighted by Gasteiger charge is 2.37. The first-order chi connectivity index (χ1) is 15.2. The van der Waals surface area contributed by atoms with Crippen LogP contribution in [0.3, 0.4) is 0 Å². The summed E-state index contributed by atoms with van der Waals surface area (Å²) >= 11 is 0. The zero-order chi connectivity index (χ0) is 22.9. The first-order valence-corrected chi connectivity index (χ1v) is 12.5. The van der Waals surface area contributed by atoms with E-state index in [1.807, 2.05) is 27.7 Å². The van der Waals surface area contributed by atoms with E-state index in [-0.39, 0.29) is 5.92 Å². The number of hydrogen-bond donors (Lipinski definition) is 0. The minimum absolute atomic E-state index is 0.106. The summed E-state index contributed by atoms with van der Waals surface area (Å²) in [4.78, 5) is 0. The van der Waals surface area contributed by atoms with Gasteiger partial charge in [0.25, 0.3) is 0 Å². The van der Waals surface area contributed by atoms with Gasteiger partial charge in [-0.05, 0) is 56.6 Å². The highest BCUT2D eigenvalue weighted by molar-refractivity contribution is 5.83. The number of nitriles is 2. The quantitative estimate of drug-likeness (QED) is 0.512. The van der Waals surface area contributed by atoms with Crippen LogP contribution in [0.1, 0.15) is 110 Å². The van der Waals surface area contributed by atoms with Crippen molar-refractivity contribution in [2.24, 2.45) is 5.92 Å². The standard InChI is InChI=1S/C23H28N4.2C2H6/c1-2-21-20-9-8-18(23(16-25)12-10-17(15-24)11-13-23)14-22(20)27(26-21)19-6-4-3-5-7-19;2*1-2/h8-9,14,17,19H,2-7,10-13H2,1H3;2*1-2H3. The molecule has 0 radical (unpaired) electrons. The summed E-state index contributed by atoms with van der Waals surface area (Å²) < 4.78 is 2.27. The lowest BCUT2D eigenvalue weighted by Crippen LogP contribution is -2.30. The van der Waals surface area contributed by atoms with Crippen LogP contribution in [-0.4, -0.2) is 9.78 Å². The van der Waals surface area contributed by atoms with Gasteiger partial charge in [0.2, 0.25) is 0 Å². The van der Waals surface area contributed by atoms with Crippen LogP contribution in [0.25, 0.3) is 10.9 Å². The van der Waals surface area contributed by atoms with Crippen molar-refractivity contribution in [1.29, 1.82) is 10.5 Å². The number of nitrogens with zero attached hydrogens (tertiary/aromatic N) is 4. The molecule has 4 heteroatoms. The molecule has 0 spiro atoms. The Morgan fingerprint density at radius 2 is 1.65 bits per heavy atom. The molecule has 1 aromatic carbocycles. The number of benzene rings is 1. The fourth-order valence-electron chi connectivity index (χ4n) is 5.07. The first kappa shape index (κ1) is 24.9. The van der Waals surface area contributed by atoms with E-state index in [2.05, 4.69) is 41.9 Å². The van der Waals surface area contributed by atoms with Crippen LogP contribution in [0.2, 0.25) is 0 Å². The molecule has 0 aliphatic heterocycles. The van der Waals surface area contributed by atoms with Gasteiger partial charge in [0.05, 0.1) is 34.8 Å². The molecule has 0 bridgehead atoms. The van der Waals surface area contributed by atoms with Crippen molar-refractivity contribution in [3.63, 3.8) is 0 Å². The summed E-state index contributed by atoms with van der Waals surface area (Å²) in [6.07, 6.45) is 10.5. The van der Waals surface area contributed by atoms with Gasteiger partial charge in [-0.2, -0.15) is 15.6 Å². The fourth-order valence-corrected chi connectivity index (χ4v) is 5.07. The Kier molecular flexibility index (Phi) is 9.57. The lowest BCUT2D eigenvalue weighted by Gasteiger charge is -2.33.